The molecule has 0 saturated heterocycles. The second-order valence-electron chi connectivity index (χ2n) is 17.6. The molecular weight excluding hydrogens is 750 g/mol. The first-order chi connectivity index (χ1) is 28.6. The number of fused-ring (bicyclic) bond motifs is 6. The Morgan fingerprint density at radius 1 is 0.433 bits per heavy atom. The average Bonchev–Trinajstić information content (AvgIpc) is 3.74. The lowest BCUT2D eigenvalue weighted by Gasteiger charge is -2.21. The Labute approximate surface area is 347 Å². The van der Waals surface area contributed by atoms with Crippen molar-refractivity contribution in [3.8, 4) is 33.6 Å². The van der Waals surface area contributed by atoms with Gasteiger partial charge in [-0.25, -0.2) is 9.69 Å². The third kappa shape index (κ3) is 6.30. The maximum absolute atomic E-state index is 13.9. The highest BCUT2D eigenvalue weighted by molar-refractivity contribution is 6.12. The van der Waals surface area contributed by atoms with E-state index in [9.17, 15) is 13.2 Å². The van der Waals surface area contributed by atoms with E-state index in [4.69, 9.17) is 13.1 Å². The number of alkyl halides is 3. The van der Waals surface area contributed by atoms with Gasteiger partial charge >= 0.3 is 6.18 Å². The Morgan fingerprint density at radius 3 is 1.48 bits per heavy atom. The van der Waals surface area contributed by atoms with Gasteiger partial charge in [-0.3, -0.25) is 0 Å². The van der Waals surface area contributed by atoms with Crippen LogP contribution in [0.25, 0.3) is 86.9 Å². The SMILES string of the molecule is [C-]#[N+]c1ccc(-n2c3ccccc3c3cc(C(C)(C)C)ccc32)c(-c2ccc(-c3ccc(C(F)(F)F)cc3[N+]#[C-])cc2-n2c3ccccc3c3cc(C(C)(C)C)ccc32)c1. The minimum absolute atomic E-state index is 0.0629. The van der Waals surface area contributed by atoms with Crippen molar-refractivity contribution >= 4 is 55.0 Å². The molecule has 2 heterocycles. The van der Waals surface area contributed by atoms with E-state index in [1.54, 1.807) is 0 Å². The summed E-state index contributed by atoms with van der Waals surface area (Å²) >= 11 is 0. The lowest BCUT2D eigenvalue weighted by molar-refractivity contribution is -0.137. The fourth-order valence-corrected chi connectivity index (χ4v) is 8.56. The van der Waals surface area contributed by atoms with Crippen LogP contribution in [0.2, 0.25) is 0 Å². The molecule has 0 N–H and O–H groups in total. The Morgan fingerprint density at radius 2 is 0.950 bits per heavy atom. The lowest BCUT2D eigenvalue weighted by Crippen LogP contribution is -2.10. The number of hydrogen-bond acceptors (Lipinski definition) is 0. The summed E-state index contributed by atoms with van der Waals surface area (Å²) < 4.78 is 46.1. The Hall–Kier alpha value is -7.09. The van der Waals surface area contributed by atoms with Crippen LogP contribution in [0.4, 0.5) is 24.5 Å². The summed E-state index contributed by atoms with van der Waals surface area (Å²) in [5.41, 5.74) is 9.95. The molecule has 9 rings (SSSR count). The molecule has 7 aromatic carbocycles. The van der Waals surface area contributed by atoms with Gasteiger partial charge in [-0.15, -0.1) is 0 Å². The minimum atomic E-state index is -4.59. The normalized spacial score (nSPS) is 12.4. The van der Waals surface area contributed by atoms with E-state index in [1.165, 1.54) is 17.2 Å². The molecule has 294 valence electrons. The van der Waals surface area contributed by atoms with Gasteiger partial charge in [0.25, 0.3) is 0 Å². The second kappa shape index (κ2) is 13.8. The maximum atomic E-state index is 13.9. The largest absolute Gasteiger partial charge is 0.415 e. The first kappa shape index (κ1) is 38.4. The molecule has 0 bridgehead atoms. The van der Waals surface area contributed by atoms with Gasteiger partial charge in [-0.2, -0.15) is 13.2 Å². The van der Waals surface area contributed by atoms with Crippen LogP contribution in [0.5, 0.6) is 0 Å². The summed E-state index contributed by atoms with van der Waals surface area (Å²) in [6, 6.07) is 44.8. The van der Waals surface area contributed by atoms with Crippen molar-refractivity contribution in [1.29, 1.82) is 0 Å². The van der Waals surface area contributed by atoms with Crippen molar-refractivity contribution in [2.45, 2.75) is 58.5 Å². The van der Waals surface area contributed by atoms with Gasteiger partial charge in [0.1, 0.15) is 0 Å². The van der Waals surface area contributed by atoms with Gasteiger partial charge in [0, 0.05) is 32.7 Å². The summed E-state index contributed by atoms with van der Waals surface area (Å²) in [6.45, 7) is 29.3. The number of rotatable bonds is 4. The summed E-state index contributed by atoms with van der Waals surface area (Å²) in [5, 5.41) is 4.36. The van der Waals surface area contributed by atoms with E-state index in [2.05, 4.69) is 127 Å². The van der Waals surface area contributed by atoms with Crippen molar-refractivity contribution in [3.63, 3.8) is 0 Å². The molecular formula is C53H41F3N4. The fraction of sp³-hybridized carbons (Fsp3) is 0.170. The third-order valence-corrected chi connectivity index (χ3v) is 11.7. The van der Waals surface area contributed by atoms with E-state index in [0.29, 0.717) is 16.8 Å². The summed E-state index contributed by atoms with van der Waals surface area (Å²) in [6.07, 6.45) is -4.59. The van der Waals surface area contributed by atoms with E-state index in [-0.39, 0.29) is 16.5 Å². The molecule has 0 atom stereocenters. The number of benzene rings is 7. The molecule has 9 aromatic rings. The summed E-state index contributed by atoms with van der Waals surface area (Å²) in [4.78, 5) is 7.47. The molecule has 4 nitrogen and oxygen atoms in total. The molecule has 0 aliphatic heterocycles. The quantitative estimate of drug-likeness (QED) is 0.158. The molecule has 0 amide bonds. The molecule has 0 unspecified atom stereocenters. The molecule has 0 radical (unpaired) electrons. The lowest BCUT2D eigenvalue weighted by atomic mass is 9.86. The zero-order valence-electron chi connectivity index (χ0n) is 34.2. The molecule has 0 spiro atoms. The molecule has 0 saturated carbocycles. The standard InChI is InChI=1S/C53H41F3N4/c1-51(2,3)33-19-24-47-41(28-33)38-13-9-11-15-45(38)59(47)49-26-21-36(57-7)31-43(49)40-22-17-32(37-23-18-35(53(54,55)56)30-44(37)58-8)27-50(40)60-46-16-12-10-14-39(46)42-29-34(52(4,5)6)20-25-48(42)60/h9-31H,1-6H3. The Balaban J connectivity index is 1.40. The minimum Gasteiger partial charge on any atom is -0.309 e. The molecule has 0 aliphatic carbocycles. The monoisotopic (exact) mass is 790 g/mol. The van der Waals surface area contributed by atoms with E-state index in [1.807, 2.05) is 54.6 Å². The van der Waals surface area contributed by atoms with Gasteiger partial charge in [-0.1, -0.05) is 120 Å². The Kier molecular flexibility index (Phi) is 8.81. The third-order valence-electron chi connectivity index (χ3n) is 11.7. The predicted molar refractivity (Wildman–Crippen MR) is 241 cm³/mol. The predicted octanol–water partition coefficient (Wildman–Crippen LogP) is 15.9. The van der Waals surface area contributed by atoms with Crippen LogP contribution in [0.15, 0.2) is 140 Å². The summed E-state index contributed by atoms with van der Waals surface area (Å²) in [5.74, 6) is 0. The van der Waals surface area contributed by atoms with E-state index < -0.39 is 11.7 Å². The summed E-state index contributed by atoms with van der Waals surface area (Å²) in [7, 11) is 0. The highest BCUT2D eigenvalue weighted by Gasteiger charge is 2.31. The highest BCUT2D eigenvalue weighted by atomic mass is 19.4. The smallest absolute Gasteiger partial charge is 0.309 e. The van der Waals surface area contributed by atoms with Crippen molar-refractivity contribution in [3.05, 3.63) is 179 Å². The van der Waals surface area contributed by atoms with Gasteiger partial charge in [0.15, 0.2) is 11.4 Å². The topological polar surface area (TPSA) is 18.6 Å². The van der Waals surface area contributed by atoms with Crippen molar-refractivity contribution in [1.82, 2.24) is 9.13 Å². The van der Waals surface area contributed by atoms with Crippen LogP contribution in [0, 0.1) is 13.1 Å². The number of nitrogens with zero attached hydrogens (tertiary/aromatic N) is 4. The van der Waals surface area contributed by atoms with Gasteiger partial charge < -0.3 is 9.13 Å². The number of hydrogen-bond donors (Lipinski definition) is 0. The zero-order chi connectivity index (χ0) is 42.3. The molecule has 0 aliphatic rings. The molecule has 2 aromatic heterocycles. The zero-order valence-corrected chi connectivity index (χ0v) is 34.2. The number of para-hydroxylation sites is 2. The van der Waals surface area contributed by atoms with Gasteiger partial charge in [0.2, 0.25) is 0 Å². The maximum Gasteiger partial charge on any atom is 0.415 e. The van der Waals surface area contributed by atoms with E-state index in [0.717, 1.165) is 78.2 Å². The molecule has 60 heavy (non-hydrogen) atoms. The van der Waals surface area contributed by atoms with Crippen LogP contribution in [0.1, 0.15) is 58.2 Å². The first-order valence-electron chi connectivity index (χ1n) is 19.9. The van der Waals surface area contributed by atoms with Crippen LogP contribution in [0.3, 0.4) is 0 Å². The number of aromatic nitrogens is 2. The average molecular weight is 791 g/mol. The first-order valence-corrected chi connectivity index (χ1v) is 19.9. The fourth-order valence-electron chi connectivity index (χ4n) is 8.56. The Bertz CT molecular complexity index is 3300. The molecule has 7 heteroatoms. The molecule has 0 fully saturated rings. The van der Waals surface area contributed by atoms with Crippen molar-refractivity contribution < 1.29 is 13.2 Å². The highest BCUT2D eigenvalue weighted by Crippen LogP contribution is 2.46. The van der Waals surface area contributed by atoms with E-state index >= 15 is 0 Å². The van der Waals surface area contributed by atoms with Crippen LogP contribution >= 0.6 is 0 Å². The second-order valence-corrected chi connectivity index (χ2v) is 17.6. The number of halogens is 3. The van der Waals surface area contributed by atoms with Crippen molar-refractivity contribution in [2.24, 2.45) is 0 Å². The van der Waals surface area contributed by atoms with Crippen LogP contribution in [-0.4, -0.2) is 9.13 Å². The van der Waals surface area contributed by atoms with Crippen molar-refractivity contribution in [2.75, 3.05) is 0 Å². The van der Waals surface area contributed by atoms with Gasteiger partial charge in [0.05, 0.1) is 46.6 Å². The van der Waals surface area contributed by atoms with Crippen LogP contribution < -0.4 is 0 Å². The van der Waals surface area contributed by atoms with Crippen LogP contribution in [-0.2, 0) is 17.0 Å². The van der Waals surface area contributed by atoms with Gasteiger partial charge in [-0.05, 0) is 99.3 Å².